The van der Waals surface area contributed by atoms with Gasteiger partial charge in [0.15, 0.2) is 0 Å². The largest absolute Gasteiger partial charge is 0.497 e. The third-order valence-electron chi connectivity index (χ3n) is 4.60. The number of carbonyl (C=O) groups is 1. The topological polar surface area (TPSA) is 61.1 Å². The Morgan fingerprint density at radius 3 is 2.74 bits per heavy atom. The van der Waals surface area contributed by atoms with E-state index in [1.165, 1.54) is 0 Å². The van der Waals surface area contributed by atoms with Crippen molar-refractivity contribution in [3.8, 4) is 11.4 Å². The smallest absolute Gasteiger partial charge is 0.253 e. The molecule has 6 nitrogen and oxygen atoms in total. The lowest BCUT2D eigenvalue weighted by Gasteiger charge is -2.11. The summed E-state index contributed by atoms with van der Waals surface area (Å²) in [5.41, 5.74) is 4.76. The summed E-state index contributed by atoms with van der Waals surface area (Å²) in [6.07, 6.45) is 4.68. The van der Waals surface area contributed by atoms with Gasteiger partial charge in [-0.15, -0.1) is 0 Å². The molecule has 0 unspecified atom stereocenters. The van der Waals surface area contributed by atoms with Gasteiger partial charge in [0.05, 0.1) is 18.9 Å². The maximum atomic E-state index is 12.6. The van der Waals surface area contributed by atoms with Crippen molar-refractivity contribution in [2.75, 3.05) is 13.7 Å². The highest BCUT2D eigenvalue weighted by Gasteiger charge is 2.16. The molecule has 3 aromatic rings. The highest BCUT2D eigenvalue weighted by molar-refractivity contribution is 5.95. The van der Waals surface area contributed by atoms with Gasteiger partial charge in [0.2, 0.25) is 0 Å². The maximum Gasteiger partial charge on any atom is 0.253 e. The molecule has 2 heterocycles. The number of nitrogens with one attached hydrogen (secondary N) is 1. The van der Waals surface area contributed by atoms with Gasteiger partial charge >= 0.3 is 0 Å². The molecule has 1 N–H and O–H groups in total. The number of nitrogens with zero attached hydrogens (tertiary/aromatic N) is 3. The maximum absolute atomic E-state index is 12.6. The summed E-state index contributed by atoms with van der Waals surface area (Å²) in [7, 11) is 1.65. The first-order chi connectivity index (χ1) is 13.0. The molecule has 0 saturated carbocycles. The van der Waals surface area contributed by atoms with E-state index in [1.807, 2.05) is 68.2 Å². The summed E-state index contributed by atoms with van der Waals surface area (Å²) >= 11 is 0. The van der Waals surface area contributed by atoms with Crippen LogP contribution in [0.25, 0.3) is 5.69 Å². The summed E-state index contributed by atoms with van der Waals surface area (Å²) in [5, 5.41) is 7.27. The summed E-state index contributed by atoms with van der Waals surface area (Å²) in [4.78, 5) is 12.6. The SMILES string of the molecule is COc1cccc(-n2c(C)cc(C(=O)NCCCn3cc(C)cn3)c2C)c1. The van der Waals surface area contributed by atoms with Crippen LogP contribution in [0.4, 0.5) is 0 Å². The summed E-state index contributed by atoms with van der Waals surface area (Å²) in [5.74, 6) is 0.744. The van der Waals surface area contributed by atoms with Crippen LogP contribution >= 0.6 is 0 Å². The highest BCUT2D eigenvalue weighted by atomic mass is 16.5. The second-order valence-corrected chi connectivity index (χ2v) is 6.71. The molecule has 0 aliphatic heterocycles. The second kappa shape index (κ2) is 8.12. The Kier molecular flexibility index (Phi) is 5.64. The number of ether oxygens (including phenoxy) is 1. The fourth-order valence-electron chi connectivity index (χ4n) is 3.27. The van der Waals surface area contributed by atoms with E-state index < -0.39 is 0 Å². The minimum atomic E-state index is -0.0473. The van der Waals surface area contributed by atoms with Crippen LogP contribution in [0, 0.1) is 20.8 Å². The first-order valence-corrected chi connectivity index (χ1v) is 9.10. The molecule has 6 heteroatoms. The molecule has 27 heavy (non-hydrogen) atoms. The van der Waals surface area contributed by atoms with Crippen molar-refractivity contribution in [2.45, 2.75) is 33.7 Å². The fraction of sp³-hybridized carbons (Fsp3) is 0.333. The summed E-state index contributed by atoms with van der Waals surface area (Å²) < 4.78 is 9.29. The third kappa shape index (κ3) is 4.22. The van der Waals surface area contributed by atoms with Crippen molar-refractivity contribution in [3.63, 3.8) is 0 Å². The van der Waals surface area contributed by atoms with Crippen molar-refractivity contribution in [3.05, 3.63) is 65.2 Å². The lowest BCUT2D eigenvalue weighted by molar-refractivity contribution is 0.0952. The molecule has 1 aromatic carbocycles. The fourth-order valence-corrected chi connectivity index (χ4v) is 3.27. The molecular weight excluding hydrogens is 340 g/mol. The van der Waals surface area contributed by atoms with Crippen molar-refractivity contribution < 1.29 is 9.53 Å². The lowest BCUT2D eigenvalue weighted by atomic mass is 10.2. The number of aromatic nitrogens is 3. The van der Waals surface area contributed by atoms with Gasteiger partial charge in [0, 0.05) is 42.4 Å². The molecule has 2 aromatic heterocycles. The van der Waals surface area contributed by atoms with E-state index in [0.29, 0.717) is 12.1 Å². The molecular formula is C21H26N4O2. The molecule has 1 amide bonds. The molecule has 0 fully saturated rings. The van der Waals surface area contributed by atoms with Crippen LogP contribution in [0.3, 0.4) is 0 Å². The van der Waals surface area contributed by atoms with Gasteiger partial charge in [-0.3, -0.25) is 9.48 Å². The monoisotopic (exact) mass is 366 g/mol. The van der Waals surface area contributed by atoms with E-state index >= 15 is 0 Å². The molecule has 142 valence electrons. The number of amides is 1. The number of hydrogen-bond acceptors (Lipinski definition) is 3. The Morgan fingerprint density at radius 1 is 1.22 bits per heavy atom. The van der Waals surface area contributed by atoms with Gasteiger partial charge in [0.25, 0.3) is 5.91 Å². The molecule has 0 radical (unpaired) electrons. The molecule has 0 aliphatic carbocycles. The van der Waals surface area contributed by atoms with Crippen molar-refractivity contribution >= 4 is 5.91 Å². The van der Waals surface area contributed by atoms with E-state index in [-0.39, 0.29) is 5.91 Å². The van der Waals surface area contributed by atoms with E-state index in [0.717, 1.165) is 41.4 Å². The van der Waals surface area contributed by atoms with Crippen LogP contribution in [-0.2, 0) is 6.54 Å². The minimum absolute atomic E-state index is 0.0473. The lowest BCUT2D eigenvalue weighted by Crippen LogP contribution is -2.25. The average molecular weight is 366 g/mol. The minimum Gasteiger partial charge on any atom is -0.497 e. The van der Waals surface area contributed by atoms with Gasteiger partial charge in [-0.2, -0.15) is 5.10 Å². The van der Waals surface area contributed by atoms with Crippen LogP contribution in [0.1, 0.15) is 33.7 Å². The number of methoxy groups -OCH3 is 1. The molecule has 0 atom stereocenters. The Hall–Kier alpha value is -3.02. The Labute approximate surface area is 159 Å². The molecule has 0 spiro atoms. The van der Waals surface area contributed by atoms with Crippen LogP contribution in [0.2, 0.25) is 0 Å². The Morgan fingerprint density at radius 2 is 2.04 bits per heavy atom. The van der Waals surface area contributed by atoms with Gasteiger partial charge in [0.1, 0.15) is 5.75 Å². The van der Waals surface area contributed by atoms with Crippen molar-refractivity contribution in [1.82, 2.24) is 19.7 Å². The molecule has 0 bridgehead atoms. The average Bonchev–Trinajstić information content (AvgIpc) is 3.21. The predicted molar refractivity (Wildman–Crippen MR) is 106 cm³/mol. The Bertz CT molecular complexity index is 940. The van der Waals surface area contributed by atoms with Crippen molar-refractivity contribution in [2.24, 2.45) is 0 Å². The van der Waals surface area contributed by atoms with E-state index in [2.05, 4.69) is 15.0 Å². The second-order valence-electron chi connectivity index (χ2n) is 6.71. The normalized spacial score (nSPS) is 10.8. The zero-order valence-corrected chi connectivity index (χ0v) is 16.3. The van der Waals surface area contributed by atoms with Gasteiger partial charge in [-0.05, 0) is 51.0 Å². The van der Waals surface area contributed by atoms with Gasteiger partial charge in [-0.1, -0.05) is 6.07 Å². The summed E-state index contributed by atoms with van der Waals surface area (Å²) in [6, 6.07) is 9.77. The quantitative estimate of drug-likeness (QED) is 0.652. The molecule has 0 saturated heterocycles. The molecule has 0 aliphatic rings. The third-order valence-corrected chi connectivity index (χ3v) is 4.60. The van der Waals surface area contributed by atoms with E-state index in [9.17, 15) is 4.79 Å². The zero-order chi connectivity index (χ0) is 19.4. The first kappa shape index (κ1) is 18.8. The van der Waals surface area contributed by atoms with E-state index in [1.54, 1.807) is 7.11 Å². The molecule has 3 rings (SSSR count). The standard InChI is InChI=1S/C21H26N4O2/c1-15-13-23-24(14-15)10-6-9-22-21(26)20-11-16(2)25(17(20)3)18-7-5-8-19(12-18)27-4/h5,7-8,11-14H,6,9-10H2,1-4H3,(H,22,26). The number of aryl methyl sites for hydroxylation is 3. The van der Waals surface area contributed by atoms with Crippen LogP contribution in [0.15, 0.2) is 42.7 Å². The van der Waals surface area contributed by atoms with E-state index in [4.69, 9.17) is 4.74 Å². The highest BCUT2D eigenvalue weighted by Crippen LogP contribution is 2.23. The predicted octanol–water partition coefficient (Wildman–Crippen LogP) is 3.43. The number of hydrogen-bond donors (Lipinski definition) is 1. The summed E-state index contributed by atoms with van der Waals surface area (Å²) in [6.45, 7) is 7.39. The number of rotatable bonds is 7. The van der Waals surface area contributed by atoms with Crippen LogP contribution in [0.5, 0.6) is 5.75 Å². The number of carbonyl (C=O) groups excluding carboxylic acids is 1. The first-order valence-electron chi connectivity index (χ1n) is 9.10. The van der Waals surface area contributed by atoms with Crippen LogP contribution < -0.4 is 10.1 Å². The van der Waals surface area contributed by atoms with Gasteiger partial charge in [-0.25, -0.2) is 0 Å². The van der Waals surface area contributed by atoms with Gasteiger partial charge < -0.3 is 14.6 Å². The van der Waals surface area contributed by atoms with Crippen molar-refractivity contribution in [1.29, 1.82) is 0 Å². The number of benzene rings is 1. The zero-order valence-electron chi connectivity index (χ0n) is 16.3. The van der Waals surface area contributed by atoms with Crippen LogP contribution in [-0.4, -0.2) is 33.9 Å². The Balaban J connectivity index is 1.66.